The zero-order valence-corrected chi connectivity index (χ0v) is 10.9. The van der Waals surface area contributed by atoms with Crippen molar-refractivity contribution in [1.29, 1.82) is 0 Å². The van der Waals surface area contributed by atoms with E-state index in [0.717, 1.165) is 11.0 Å². The van der Waals surface area contributed by atoms with Crippen LogP contribution in [-0.4, -0.2) is 22.6 Å². The van der Waals surface area contributed by atoms with E-state index >= 15 is 0 Å². The Kier molecular flexibility index (Phi) is 3.43. The maximum absolute atomic E-state index is 11.3. The van der Waals surface area contributed by atoms with Crippen molar-refractivity contribution in [2.24, 2.45) is 5.73 Å². The third-order valence-corrected chi connectivity index (χ3v) is 3.13. The van der Waals surface area contributed by atoms with Gasteiger partial charge in [-0.3, -0.25) is 4.79 Å². The van der Waals surface area contributed by atoms with Crippen molar-refractivity contribution in [3.05, 3.63) is 24.0 Å². The van der Waals surface area contributed by atoms with Crippen LogP contribution in [0.1, 0.15) is 18.8 Å². The van der Waals surface area contributed by atoms with Gasteiger partial charge in [0.05, 0.1) is 24.0 Å². The molecule has 1 aromatic heterocycles. The van der Waals surface area contributed by atoms with Gasteiger partial charge in [0.25, 0.3) is 0 Å². The number of amides is 1. The summed E-state index contributed by atoms with van der Waals surface area (Å²) >= 11 is 5.86. The maximum atomic E-state index is 11.3. The fraction of sp³-hybridized carbons (Fsp3) is 0.333. The Morgan fingerprint density at radius 1 is 1.61 bits per heavy atom. The minimum absolute atomic E-state index is 0.217. The molecule has 0 saturated carbocycles. The van der Waals surface area contributed by atoms with E-state index in [1.807, 2.05) is 12.1 Å². The number of halogens is 1. The molecule has 0 aliphatic heterocycles. The molecule has 0 spiro atoms. The second kappa shape index (κ2) is 4.86. The molecule has 1 unspecified atom stereocenters. The molecule has 2 aromatic rings. The third kappa shape index (κ3) is 2.01. The number of carbonyl (C=O) groups is 1. The number of carbonyl (C=O) groups excluding carboxylic acids is 1. The van der Waals surface area contributed by atoms with Crippen LogP contribution in [0, 0.1) is 0 Å². The van der Waals surface area contributed by atoms with Crippen molar-refractivity contribution in [2.75, 3.05) is 7.11 Å². The minimum atomic E-state index is -0.489. The summed E-state index contributed by atoms with van der Waals surface area (Å²) < 4.78 is 6.89. The summed E-state index contributed by atoms with van der Waals surface area (Å²) in [5, 5.41) is 0. The van der Waals surface area contributed by atoms with Gasteiger partial charge in [-0.05, 0) is 19.1 Å². The van der Waals surface area contributed by atoms with Crippen molar-refractivity contribution in [3.8, 4) is 5.75 Å². The van der Waals surface area contributed by atoms with Crippen LogP contribution in [0.15, 0.2) is 18.2 Å². The van der Waals surface area contributed by atoms with Crippen molar-refractivity contribution in [1.82, 2.24) is 9.55 Å². The van der Waals surface area contributed by atoms with Gasteiger partial charge in [-0.2, -0.15) is 0 Å². The van der Waals surface area contributed by atoms with Crippen LogP contribution < -0.4 is 10.5 Å². The molecule has 1 aromatic carbocycles. The standard InChI is InChI=1S/C12H14ClN3O2/c1-7(12(14)17)16-10-4-3-8(18-2)5-9(10)15-11(16)6-13/h3-5,7H,6H2,1-2H3,(H2,14,17). The third-order valence-electron chi connectivity index (χ3n) is 2.89. The average molecular weight is 268 g/mol. The van der Waals surface area contributed by atoms with Crippen LogP contribution in [0.3, 0.4) is 0 Å². The fourth-order valence-corrected chi connectivity index (χ4v) is 2.10. The Bertz CT molecular complexity index is 594. The number of fused-ring (bicyclic) bond motifs is 1. The highest BCUT2D eigenvalue weighted by Gasteiger charge is 2.19. The monoisotopic (exact) mass is 267 g/mol. The van der Waals surface area contributed by atoms with Gasteiger partial charge in [0, 0.05) is 6.07 Å². The quantitative estimate of drug-likeness (QED) is 0.859. The Labute approximate surface area is 109 Å². The highest BCUT2D eigenvalue weighted by atomic mass is 35.5. The molecule has 0 aliphatic carbocycles. The molecule has 0 bridgehead atoms. The Balaban J connectivity index is 2.66. The van der Waals surface area contributed by atoms with Gasteiger partial charge in [-0.15, -0.1) is 11.6 Å². The van der Waals surface area contributed by atoms with Gasteiger partial charge >= 0.3 is 0 Å². The molecule has 1 amide bonds. The number of nitrogens with two attached hydrogens (primary N) is 1. The molecule has 18 heavy (non-hydrogen) atoms. The number of nitrogens with zero attached hydrogens (tertiary/aromatic N) is 2. The number of hydrogen-bond acceptors (Lipinski definition) is 3. The number of hydrogen-bond donors (Lipinski definition) is 1. The summed E-state index contributed by atoms with van der Waals surface area (Å²) in [7, 11) is 1.59. The lowest BCUT2D eigenvalue weighted by atomic mass is 10.2. The molecule has 0 aliphatic rings. The minimum Gasteiger partial charge on any atom is -0.497 e. The van der Waals surface area contributed by atoms with Crippen LogP contribution in [-0.2, 0) is 10.7 Å². The number of methoxy groups -OCH3 is 1. The van der Waals surface area contributed by atoms with Crippen molar-refractivity contribution in [3.63, 3.8) is 0 Å². The first-order valence-electron chi connectivity index (χ1n) is 5.48. The van der Waals surface area contributed by atoms with E-state index in [1.165, 1.54) is 0 Å². The largest absolute Gasteiger partial charge is 0.497 e. The molecule has 96 valence electrons. The summed E-state index contributed by atoms with van der Waals surface area (Å²) in [6.45, 7) is 1.73. The smallest absolute Gasteiger partial charge is 0.240 e. The van der Waals surface area contributed by atoms with Crippen molar-refractivity contribution >= 4 is 28.5 Å². The number of primary amides is 1. The van der Waals surface area contributed by atoms with Crippen LogP contribution in [0.4, 0.5) is 0 Å². The molecular formula is C12H14ClN3O2. The van der Waals surface area contributed by atoms with Gasteiger partial charge in [0.1, 0.15) is 17.6 Å². The van der Waals surface area contributed by atoms with Crippen LogP contribution in [0.2, 0.25) is 0 Å². The molecule has 6 heteroatoms. The zero-order valence-electron chi connectivity index (χ0n) is 10.2. The summed E-state index contributed by atoms with van der Waals surface area (Å²) in [6, 6.07) is 4.97. The van der Waals surface area contributed by atoms with Crippen LogP contribution in [0.5, 0.6) is 5.75 Å². The second-order valence-electron chi connectivity index (χ2n) is 3.96. The van der Waals surface area contributed by atoms with E-state index in [9.17, 15) is 4.79 Å². The molecule has 0 saturated heterocycles. The maximum Gasteiger partial charge on any atom is 0.240 e. The van der Waals surface area contributed by atoms with Crippen molar-refractivity contribution < 1.29 is 9.53 Å². The van der Waals surface area contributed by atoms with E-state index in [-0.39, 0.29) is 5.88 Å². The summed E-state index contributed by atoms with van der Waals surface area (Å²) in [6.07, 6.45) is 0. The molecule has 2 N–H and O–H groups in total. The lowest BCUT2D eigenvalue weighted by Gasteiger charge is -2.13. The highest BCUT2D eigenvalue weighted by molar-refractivity contribution is 6.17. The van der Waals surface area contributed by atoms with E-state index in [4.69, 9.17) is 22.1 Å². The molecule has 1 heterocycles. The first-order chi connectivity index (χ1) is 8.58. The summed E-state index contributed by atoms with van der Waals surface area (Å²) in [5.74, 6) is 1.12. The number of ether oxygens (including phenoxy) is 1. The first-order valence-corrected chi connectivity index (χ1v) is 6.02. The predicted molar refractivity (Wildman–Crippen MR) is 69.7 cm³/mol. The van der Waals surface area contributed by atoms with Gasteiger partial charge < -0.3 is 15.0 Å². The van der Waals surface area contributed by atoms with Gasteiger partial charge in [-0.1, -0.05) is 0 Å². The topological polar surface area (TPSA) is 70.1 Å². The fourth-order valence-electron chi connectivity index (χ4n) is 1.91. The summed E-state index contributed by atoms with van der Waals surface area (Å²) in [5.41, 5.74) is 6.89. The Hall–Kier alpha value is -1.75. The first kappa shape index (κ1) is 12.7. The molecule has 1 atom stereocenters. The lowest BCUT2D eigenvalue weighted by molar-refractivity contribution is -0.120. The zero-order chi connectivity index (χ0) is 13.3. The second-order valence-corrected chi connectivity index (χ2v) is 4.23. The van der Waals surface area contributed by atoms with E-state index in [2.05, 4.69) is 4.98 Å². The number of alkyl halides is 1. The molecular weight excluding hydrogens is 254 g/mol. The number of benzene rings is 1. The van der Waals surface area contributed by atoms with E-state index in [0.29, 0.717) is 11.6 Å². The van der Waals surface area contributed by atoms with Gasteiger partial charge in [-0.25, -0.2) is 4.98 Å². The van der Waals surface area contributed by atoms with E-state index < -0.39 is 11.9 Å². The van der Waals surface area contributed by atoms with Gasteiger partial charge in [0.15, 0.2) is 0 Å². The molecule has 0 fully saturated rings. The SMILES string of the molecule is COc1ccc2c(c1)nc(CCl)n2C(C)C(N)=O. The number of aromatic nitrogens is 2. The predicted octanol–water partition coefficient (Wildman–Crippen LogP) is 1.83. The van der Waals surface area contributed by atoms with Gasteiger partial charge in [0.2, 0.25) is 5.91 Å². The Morgan fingerprint density at radius 3 is 2.89 bits per heavy atom. The van der Waals surface area contributed by atoms with E-state index in [1.54, 1.807) is 24.7 Å². The average Bonchev–Trinajstić information content (AvgIpc) is 2.74. The number of imidazole rings is 1. The molecule has 0 radical (unpaired) electrons. The normalized spacial score (nSPS) is 12.6. The molecule has 5 nitrogen and oxygen atoms in total. The van der Waals surface area contributed by atoms with Crippen LogP contribution >= 0.6 is 11.6 Å². The summed E-state index contributed by atoms with van der Waals surface area (Å²) in [4.78, 5) is 15.7. The molecule has 2 rings (SSSR count). The van der Waals surface area contributed by atoms with Crippen LogP contribution in [0.25, 0.3) is 11.0 Å². The van der Waals surface area contributed by atoms with Crippen molar-refractivity contribution in [2.45, 2.75) is 18.8 Å². The highest BCUT2D eigenvalue weighted by Crippen LogP contribution is 2.25. The Morgan fingerprint density at radius 2 is 2.33 bits per heavy atom. The number of rotatable bonds is 4. The lowest BCUT2D eigenvalue weighted by Crippen LogP contribution is -2.25.